The number of carbonyl (C=O) groups is 1. The van der Waals surface area contributed by atoms with Gasteiger partial charge in [-0.3, -0.25) is 14.4 Å². The third-order valence-corrected chi connectivity index (χ3v) is 4.58. The number of rotatable bonds is 5. The maximum Gasteiger partial charge on any atom is 0.217 e. The lowest BCUT2D eigenvalue weighted by Gasteiger charge is -2.34. The Morgan fingerprint density at radius 3 is 2.92 bits per heavy atom. The van der Waals surface area contributed by atoms with E-state index in [1.807, 2.05) is 34.9 Å². The molecule has 1 aromatic carbocycles. The van der Waals surface area contributed by atoms with Crippen LogP contribution in [0.25, 0.3) is 5.69 Å². The Morgan fingerprint density at radius 2 is 2.19 bits per heavy atom. The molecule has 1 atom stereocenters. The molecular weight excluding hydrogens is 330 g/mol. The molecule has 1 aromatic heterocycles. The van der Waals surface area contributed by atoms with E-state index >= 15 is 0 Å². The van der Waals surface area contributed by atoms with E-state index < -0.39 is 0 Å². The van der Waals surface area contributed by atoms with Crippen LogP contribution in [0.1, 0.15) is 25.1 Å². The van der Waals surface area contributed by atoms with Crippen LogP contribution in [0.3, 0.4) is 0 Å². The molecule has 1 aliphatic rings. The van der Waals surface area contributed by atoms with Gasteiger partial charge in [0.2, 0.25) is 5.91 Å². The molecule has 3 N–H and O–H groups in total. The number of aliphatic imine (C=N–C) groups is 1. The molecule has 26 heavy (non-hydrogen) atoms. The number of primary amides is 1. The molecule has 2 aromatic rings. The number of benzene rings is 1. The van der Waals surface area contributed by atoms with Gasteiger partial charge in [-0.05, 0) is 30.9 Å². The van der Waals surface area contributed by atoms with Crippen LogP contribution in [-0.2, 0) is 11.3 Å². The second-order valence-corrected chi connectivity index (χ2v) is 6.48. The minimum absolute atomic E-state index is 0.240. The predicted molar refractivity (Wildman–Crippen MR) is 99.7 cm³/mol. The highest BCUT2D eigenvalue weighted by Gasteiger charge is 2.23. The second-order valence-electron chi connectivity index (χ2n) is 6.48. The third kappa shape index (κ3) is 4.38. The zero-order valence-electron chi connectivity index (χ0n) is 15.0. The molecule has 1 aliphatic heterocycles. The van der Waals surface area contributed by atoms with Crippen molar-refractivity contribution < 1.29 is 4.79 Å². The molecule has 1 unspecified atom stereocenters. The number of aromatic nitrogens is 3. The van der Waals surface area contributed by atoms with Gasteiger partial charge in [0.25, 0.3) is 0 Å². The van der Waals surface area contributed by atoms with Crippen molar-refractivity contribution in [2.24, 2.45) is 16.6 Å². The molecule has 138 valence electrons. The Morgan fingerprint density at radius 1 is 1.38 bits per heavy atom. The van der Waals surface area contributed by atoms with Crippen molar-refractivity contribution in [2.75, 3.05) is 20.1 Å². The van der Waals surface area contributed by atoms with Crippen LogP contribution in [0.15, 0.2) is 41.7 Å². The Bertz CT molecular complexity index is 756. The molecular formula is C18H25N7O. The van der Waals surface area contributed by atoms with Gasteiger partial charge in [-0.2, -0.15) is 0 Å². The van der Waals surface area contributed by atoms with E-state index in [1.54, 1.807) is 13.4 Å². The summed E-state index contributed by atoms with van der Waals surface area (Å²) in [6, 6.07) is 9.98. The lowest BCUT2D eigenvalue weighted by Crippen LogP contribution is -2.47. The summed E-state index contributed by atoms with van der Waals surface area (Å²) in [6.45, 7) is 2.22. The van der Waals surface area contributed by atoms with Crippen molar-refractivity contribution in [2.45, 2.75) is 25.8 Å². The first-order valence-corrected chi connectivity index (χ1v) is 8.85. The van der Waals surface area contributed by atoms with Gasteiger partial charge in [0, 0.05) is 32.2 Å². The number of likely N-dealkylation sites (tertiary alicyclic amines) is 1. The molecule has 8 nitrogen and oxygen atoms in total. The van der Waals surface area contributed by atoms with E-state index in [4.69, 9.17) is 5.73 Å². The number of guanidine groups is 1. The number of nitrogens with two attached hydrogens (primary N) is 1. The molecule has 0 bridgehead atoms. The molecule has 3 rings (SSSR count). The van der Waals surface area contributed by atoms with Gasteiger partial charge < -0.3 is 16.0 Å². The topological polar surface area (TPSA) is 101 Å². The van der Waals surface area contributed by atoms with E-state index in [0.717, 1.165) is 43.4 Å². The molecule has 1 fully saturated rings. The highest BCUT2D eigenvalue weighted by atomic mass is 16.1. The summed E-state index contributed by atoms with van der Waals surface area (Å²) in [7, 11) is 1.77. The zero-order valence-corrected chi connectivity index (χ0v) is 15.0. The van der Waals surface area contributed by atoms with E-state index in [1.165, 1.54) is 0 Å². The van der Waals surface area contributed by atoms with Crippen molar-refractivity contribution in [3.63, 3.8) is 0 Å². The number of amides is 1. The van der Waals surface area contributed by atoms with Crippen molar-refractivity contribution in [3.8, 4) is 5.69 Å². The molecule has 0 radical (unpaired) electrons. The number of hydrogen-bond donors (Lipinski definition) is 2. The smallest absolute Gasteiger partial charge is 0.217 e. The highest BCUT2D eigenvalue weighted by Crippen LogP contribution is 2.19. The van der Waals surface area contributed by atoms with Crippen LogP contribution in [0, 0.1) is 5.92 Å². The quantitative estimate of drug-likeness (QED) is 0.614. The van der Waals surface area contributed by atoms with Gasteiger partial charge >= 0.3 is 0 Å². The van der Waals surface area contributed by atoms with E-state index in [9.17, 15) is 4.79 Å². The minimum atomic E-state index is -0.240. The minimum Gasteiger partial charge on any atom is -0.370 e. The lowest BCUT2D eigenvalue weighted by molar-refractivity contribution is -0.119. The first-order chi connectivity index (χ1) is 12.7. The first kappa shape index (κ1) is 17.9. The zero-order chi connectivity index (χ0) is 18.4. The SMILES string of the molecule is CN=C(NCc1nncn1-c1ccccc1)N1CCCC(CC(N)=O)C1. The summed E-state index contributed by atoms with van der Waals surface area (Å²) in [5.74, 6) is 1.66. The lowest BCUT2D eigenvalue weighted by atomic mass is 9.95. The fourth-order valence-electron chi connectivity index (χ4n) is 3.38. The molecule has 1 saturated heterocycles. The predicted octanol–water partition coefficient (Wildman–Crippen LogP) is 0.930. The summed E-state index contributed by atoms with van der Waals surface area (Å²) in [6.07, 6.45) is 4.19. The maximum atomic E-state index is 11.2. The number of carbonyl (C=O) groups excluding carboxylic acids is 1. The Balaban J connectivity index is 1.63. The molecule has 2 heterocycles. The van der Waals surface area contributed by atoms with Gasteiger partial charge in [0.15, 0.2) is 11.8 Å². The number of hydrogen-bond acceptors (Lipinski definition) is 4. The van der Waals surface area contributed by atoms with Crippen molar-refractivity contribution in [3.05, 3.63) is 42.5 Å². The maximum absolute atomic E-state index is 11.2. The number of nitrogens with zero attached hydrogens (tertiary/aromatic N) is 5. The third-order valence-electron chi connectivity index (χ3n) is 4.58. The van der Waals surface area contributed by atoms with Crippen LogP contribution >= 0.6 is 0 Å². The first-order valence-electron chi connectivity index (χ1n) is 8.85. The summed E-state index contributed by atoms with van der Waals surface area (Å²) in [5, 5.41) is 11.6. The average molecular weight is 355 g/mol. The highest BCUT2D eigenvalue weighted by molar-refractivity contribution is 5.80. The Hall–Kier alpha value is -2.90. The van der Waals surface area contributed by atoms with Gasteiger partial charge in [0.05, 0.1) is 6.54 Å². The van der Waals surface area contributed by atoms with Crippen LogP contribution in [-0.4, -0.2) is 51.7 Å². The molecule has 1 amide bonds. The number of para-hydroxylation sites is 1. The van der Waals surface area contributed by atoms with Gasteiger partial charge in [0.1, 0.15) is 6.33 Å². The summed E-state index contributed by atoms with van der Waals surface area (Å²) in [5.41, 5.74) is 6.37. The standard InChI is InChI=1S/C18H25N7O/c1-20-18(24-9-5-6-14(12-24)10-16(19)26)21-11-17-23-22-13-25(17)15-7-3-2-4-8-15/h2-4,7-8,13-14H,5-6,9-12H2,1H3,(H2,19,26)(H,20,21). The monoisotopic (exact) mass is 355 g/mol. The van der Waals surface area contributed by atoms with E-state index in [2.05, 4.69) is 25.4 Å². The molecule has 0 aliphatic carbocycles. The largest absolute Gasteiger partial charge is 0.370 e. The van der Waals surface area contributed by atoms with Gasteiger partial charge in [-0.15, -0.1) is 10.2 Å². The Labute approximate surface area is 153 Å². The Kier molecular flexibility index (Phi) is 5.83. The van der Waals surface area contributed by atoms with Crippen LogP contribution in [0.2, 0.25) is 0 Å². The van der Waals surface area contributed by atoms with Crippen LogP contribution < -0.4 is 11.1 Å². The summed E-state index contributed by atoms with van der Waals surface area (Å²) >= 11 is 0. The van der Waals surface area contributed by atoms with Gasteiger partial charge in [-0.25, -0.2) is 0 Å². The normalized spacial score (nSPS) is 18.0. The summed E-state index contributed by atoms with van der Waals surface area (Å²) < 4.78 is 1.95. The number of nitrogens with one attached hydrogen (secondary N) is 1. The van der Waals surface area contributed by atoms with E-state index in [-0.39, 0.29) is 11.8 Å². The molecule has 8 heteroatoms. The van der Waals surface area contributed by atoms with Crippen molar-refractivity contribution >= 4 is 11.9 Å². The van der Waals surface area contributed by atoms with Crippen LogP contribution in [0.4, 0.5) is 0 Å². The fraction of sp³-hybridized carbons (Fsp3) is 0.444. The summed E-state index contributed by atoms with van der Waals surface area (Å²) in [4.78, 5) is 17.8. The molecule has 0 spiro atoms. The fourth-order valence-corrected chi connectivity index (χ4v) is 3.38. The molecule has 0 saturated carbocycles. The number of piperidine rings is 1. The van der Waals surface area contributed by atoms with Crippen molar-refractivity contribution in [1.29, 1.82) is 0 Å². The van der Waals surface area contributed by atoms with E-state index in [0.29, 0.717) is 13.0 Å². The average Bonchev–Trinajstić information content (AvgIpc) is 3.11. The second kappa shape index (κ2) is 8.46. The van der Waals surface area contributed by atoms with Crippen LogP contribution in [0.5, 0.6) is 0 Å². The van der Waals surface area contributed by atoms with Crippen molar-refractivity contribution in [1.82, 2.24) is 25.0 Å². The van der Waals surface area contributed by atoms with Gasteiger partial charge in [-0.1, -0.05) is 18.2 Å².